The number of hydrogen-bond donors (Lipinski definition) is 2. The molecule has 1 heterocycles. The molecule has 1 aromatic carbocycles. The van der Waals surface area contributed by atoms with E-state index in [4.69, 9.17) is 5.26 Å². The molecule has 0 aliphatic rings. The first-order chi connectivity index (χ1) is 13.7. The summed E-state index contributed by atoms with van der Waals surface area (Å²) in [6.07, 6.45) is -0.610. The van der Waals surface area contributed by atoms with Crippen molar-refractivity contribution in [3.05, 3.63) is 48.2 Å². The number of benzene rings is 1. The molecule has 0 fully saturated rings. The lowest BCUT2D eigenvalue weighted by Crippen LogP contribution is -2.43. The van der Waals surface area contributed by atoms with E-state index in [2.05, 4.69) is 9.35 Å². The Morgan fingerprint density at radius 3 is 2.38 bits per heavy atom. The smallest absolute Gasteiger partial charge is 0.315 e. The van der Waals surface area contributed by atoms with Crippen LogP contribution in [0.25, 0.3) is 11.1 Å². The van der Waals surface area contributed by atoms with Gasteiger partial charge < -0.3 is 10.4 Å². The number of carbonyl (C=O) groups is 1. The van der Waals surface area contributed by atoms with Crippen LogP contribution in [0.2, 0.25) is 0 Å². The number of nitrogens with zero attached hydrogens (tertiary/aromatic N) is 3. The van der Waals surface area contributed by atoms with Crippen LogP contribution >= 0.6 is 0 Å². The van der Waals surface area contributed by atoms with Gasteiger partial charge in [0.05, 0.1) is 6.04 Å². The average Bonchev–Trinajstić information content (AvgIpc) is 2.71. The average molecular weight is 426 g/mol. The lowest BCUT2D eigenvalue weighted by molar-refractivity contribution is -0.133. The summed E-state index contributed by atoms with van der Waals surface area (Å²) in [5.41, 5.74) is 1.52. The number of carbonyl (C=O) groups excluding carboxylic acids is 1. The quantitative estimate of drug-likeness (QED) is 0.660. The summed E-state index contributed by atoms with van der Waals surface area (Å²) < 4.78 is 53.2. The fourth-order valence-corrected chi connectivity index (χ4v) is 3.27. The van der Waals surface area contributed by atoms with Gasteiger partial charge in [0, 0.05) is 18.0 Å². The number of nitriles is 1. The molecule has 1 aromatic heterocycles. The van der Waals surface area contributed by atoms with Crippen molar-refractivity contribution in [3.63, 3.8) is 0 Å². The Hall–Kier alpha value is -2.97. The Balaban J connectivity index is 2.19. The molecule has 1 amide bonds. The zero-order valence-corrected chi connectivity index (χ0v) is 15.9. The highest BCUT2D eigenvalue weighted by Crippen LogP contribution is 2.24. The predicted octanol–water partition coefficient (Wildman–Crippen LogP) is 2.44. The summed E-state index contributed by atoms with van der Waals surface area (Å²) in [6, 6.07) is 7.67. The highest BCUT2D eigenvalue weighted by atomic mass is 32.2. The number of aliphatic hydroxyl groups is 1. The van der Waals surface area contributed by atoms with Crippen LogP contribution < -0.4 is 5.32 Å². The van der Waals surface area contributed by atoms with E-state index in [0.717, 1.165) is 0 Å². The number of amides is 1. The molecule has 7 nitrogen and oxygen atoms in total. The molecule has 0 spiro atoms. The van der Waals surface area contributed by atoms with E-state index in [-0.39, 0.29) is 10.6 Å². The van der Waals surface area contributed by atoms with Crippen molar-refractivity contribution in [1.29, 1.82) is 5.26 Å². The van der Waals surface area contributed by atoms with E-state index in [0.29, 0.717) is 11.1 Å². The molecule has 0 bridgehead atoms. The first-order valence-electron chi connectivity index (χ1n) is 8.18. The SMILES string of the molecule is CS(=O)(=NC#N)c1ccc(-c2ccc([C@@H](O)[C@@H](CF)NC(=O)C(F)F)cc2)cn1. The van der Waals surface area contributed by atoms with E-state index in [1.54, 1.807) is 23.5 Å². The number of aromatic nitrogens is 1. The molecule has 0 aliphatic heterocycles. The van der Waals surface area contributed by atoms with Crippen molar-refractivity contribution >= 4 is 15.6 Å². The van der Waals surface area contributed by atoms with Crippen LogP contribution in [0.1, 0.15) is 11.7 Å². The van der Waals surface area contributed by atoms with E-state index in [1.165, 1.54) is 36.8 Å². The van der Waals surface area contributed by atoms with E-state index in [1.807, 2.05) is 0 Å². The normalized spacial score (nSPS) is 15.1. The van der Waals surface area contributed by atoms with Gasteiger partial charge in [-0.25, -0.2) is 13.6 Å². The Kier molecular flexibility index (Phi) is 7.30. The van der Waals surface area contributed by atoms with Crippen LogP contribution in [-0.4, -0.2) is 45.6 Å². The first kappa shape index (κ1) is 22.3. The maximum absolute atomic E-state index is 13.1. The molecule has 2 rings (SSSR count). The molecule has 0 aliphatic carbocycles. The third kappa shape index (κ3) is 5.52. The second kappa shape index (κ2) is 9.49. The van der Waals surface area contributed by atoms with E-state index < -0.39 is 40.9 Å². The second-order valence-corrected chi connectivity index (χ2v) is 8.22. The number of hydrogen-bond acceptors (Lipinski definition) is 6. The standard InChI is InChI=1S/C18H17F3N4O3S/c1-29(28,24-10-22)15-7-6-13(9-23-15)11-2-4-12(5-3-11)16(26)14(8-19)25-18(27)17(20)21/h2-7,9,14,16-17,26H,8H2,1H3,(H,25,27)/t14-,16-,29?/m1/s1. The molecule has 154 valence electrons. The van der Waals surface area contributed by atoms with Gasteiger partial charge in [-0.1, -0.05) is 30.3 Å². The Morgan fingerprint density at radius 1 is 1.28 bits per heavy atom. The molecule has 0 radical (unpaired) electrons. The fourth-order valence-electron chi connectivity index (χ4n) is 2.45. The zero-order chi connectivity index (χ0) is 21.6. The Labute approximate surface area is 165 Å². The molecule has 0 saturated carbocycles. The number of aliphatic hydroxyl groups excluding tert-OH is 1. The third-order valence-electron chi connectivity index (χ3n) is 4.00. The molecule has 3 atom stereocenters. The van der Waals surface area contributed by atoms with Crippen molar-refractivity contribution < 1.29 is 27.3 Å². The highest BCUT2D eigenvalue weighted by Gasteiger charge is 2.26. The van der Waals surface area contributed by atoms with Crippen LogP contribution in [0.4, 0.5) is 13.2 Å². The van der Waals surface area contributed by atoms with Crippen LogP contribution in [0.5, 0.6) is 0 Å². The molecule has 29 heavy (non-hydrogen) atoms. The van der Waals surface area contributed by atoms with Gasteiger partial charge in [0.1, 0.15) is 27.5 Å². The Morgan fingerprint density at radius 2 is 1.90 bits per heavy atom. The predicted molar refractivity (Wildman–Crippen MR) is 98.9 cm³/mol. The first-order valence-corrected chi connectivity index (χ1v) is 10.1. The minimum absolute atomic E-state index is 0.149. The minimum atomic E-state index is -3.31. The summed E-state index contributed by atoms with van der Waals surface area (Å²) >= 11 is 0. The van der Waals surface area contributed by atoms with Gasteiger partial charge in [-0.05, 0) is 17.2 Å². The molecule has 1 unspecified atom stereocenters. The maximum atomic E-state index is 13.1. The van der Waals surface area contributed by atoms with Crippen molar-refractivity contribution in [1.82, 2.24) is 10.3 Å². The Bertz CT molecular complexity index is 1010. The van der Waals surface area contributed by atoms with Crippen LogP contribution in [-0.2, 0) is 14.5 Å². The number of pyridine rings is 1. The van der Waals surface area contributed by atoms with Crippen LogP contribution in [0, 0.1) is 11.5 Å². The molecular weight excluding hydrogens is 409 g/mol. The summed E-state index contributed by atoms with van der Waals surface area (Å²) in [4.78, 5) is 15.1. The van der Waals surface area contributed by atoms with E-state index in [9.17, 15) is 27.3 Å². The summed E-state index contributed by atoms with van der Waals surface area (Å²) in [6.45, 7) is -1.23. The zero-order valence-electron chi connectivity index (χ0n) is 15.1. The van der Waals surface area contributed by atoms with Gasteiger partial charge in [0.25, 0.3) is 5.91 Å². The topological polar surface area (TPSA) is 115 Å². The minimum Gasteiger partial charge on any atom is -0.386 e. The van der Waals surface area contributed by atoms with Crippen molar-refractivity contribution in [3.8, 4) is 17.3 Å². The summed E-state index contributed by atoms with van der Waals surface area (Å²) in [5, 5.41) is 20.6. The van der Waals surface area contributed by atoms with Gasteiger partial charge in [-0.15, -0.1) is 4.36 Å². The van der Waals surface area contributed by atoms with Gasteiger partial charge in [0.2, 0.25) is 6.19 Å². The van der Waals surface area contributed by atoms with Crippen molar-refractivity contribution in [2.45, 2.75) is 23.6 Å². The van der Waals surface area contributed by atoms with Gasteiger partial charge in [-0.2, -0.15) is 14.0 Å². The molecule has 2 N–H and O–H groups in total. The van der Waals surface area contributed by atoms with Gasteiger partial charge in [-0.3, -0.25) is 4.79 Å². The molecule has 11 heteroatoms. The molecular formula is C18H17F3N4O3S. The van der Waals surface area contributed by atoms with E-state index >= 15 is 0 Å². The monoisotopic (exact) mass is 426 g/mol. The second-order valence-electron chi connectivity index (χ2n) is 6.02. The number of halogens is 3. The number of nitrogens with one attached hydrogen (secondary N) is 1. The number of alkyl halides is 3. The van der Waals surface area contributed by atoms with Crippen molar-refractivity contribution in [2.75, 3.05) is 12.9 Å². The van der Waals surface area contributed by atoms with Crippen LogP contribution in [0.3, 0.4) is 0 Å². The van der Waals surface area contributed by atoms with Crippen molar-refractivity contribution in [2.24, 2.45) is 4.36 Å². The summed E-state index contributed by atoms with van der Waals surface area (Å²) in [7, 11) is -2.91. The largest absolute Gasteiger partial charge is 0.386 e. The fraction of sp³-hybridized carbons (Fsp3) is 0.278. The molecule has 2 aromatic rings. The lowest BCUT2D eigenvalue weighted by atomic mass is 9.99. The van der Waals surface area contributed by atoms with Gasteiger partial charge in [0.15, 0.2) is 0 Å². The van der Waals surface area contributed by atoms with Gasteiger partial charge >= 0.3 is 6.43 Å². The third-order valence-corrected chi connectivity index (χ3v) is 5.45. The summed E-state index contributed by atoms with van der Waals surface area (Å²) in [5.74, 6) is -1.66. The lowest BCUT2D eigenvalue weighted by Gasteiger charge is -2.22. The molecule has 0 saturated heterocycles. The highest BCUT2D eigenvalue weighted by molar-refractivity contribution is 7.93. The number of rotatable bonds is 7. The maximum Gasteiger partial charge on any atom is 0.315 e. The van der Waals surface area contributed by atoms with Crippen LogP contribution in [0.15, 0.2) is 52.0 Å².